The van der Waals surface area contributed by atoms with Crippen LogP contribution in [0.5, 0.6) is 0 Å². The molecular formula is C16H24F3N3O2. The van der Waals surface area contributed by atoms with E-state index >= 15 is 0 Å². The largest absolute Gasteiger partial charge is 0.401 e. The molecule has 1 amide bonds. The van der Waals surface area contributed by atoms with E-state index in [9.17, 15) is 18.0 Å². The fourth-order valence-electron chi connectivity index (χ4n) is 3.36. The molecule has 136 valence electrons. The number of rotatable bonds is 5. The highest BCUT2D eigenvalue weighted by atomic mass is 19.4. The Hall–Kier alpha value is -1.57. The van der Waals surface area contributed by atoms with E-state index in [-0.39, 0.29) is 18.4 Å². The topological polar surface area (TPSA) is 58.4 Å². The molecule has 5 nitrogen and oxygen atoms in total. The summed E-state index contributed by atoms with van der Waals surface area (Å²) in [5.41, 5.74) is 1.76. The Morgan fingerprint density at radius 3 is 2.75 bits per heavy atom. The van der Waals surface area contributed by atoms with Crippen LogP contribution < -0.4 is 5.32 Å². The average Bonchev–Trinajstić information content (AvgIpc) is 2.82. The van der Waals surface area contributed by atoms with Crippen LogP contribution in [0.25, 0.3) is 0 Å². The molecule has 1 aromatic rings. The number of hydrogen-bond donors (Lipinski definition) is 1. The number of alkyl halides is 3. The molecule has 0 spiro atoms. The number of halogens is 3. The quantitative estimate of drug-likeness (QED) is 0.890. The van der Waals surface area contributed by atoms with Crippen LogP contribution in [0.4, 0.5) is 13.2 Å². The molecule has 1 aliphatic heterocycles. The number of nitrogens with zero attached hydrogens (tertiary/aromatic N) is 2. The minimum Gasteiger partial charge on any atom is -0.361 e. The number of hydrogen-bond acceptors (Lipinski definition) is 4. The Bertz CT molecular complexity index is 552. The van der Waals surface area contributed by atoms with E-state index in [0.29, 0.717) is 25.9 Å². The van der Waals surface area contributed by atoms with E-state index in [1.54, 1.807) is 0 Å². The number of amides is 1. The van der Waals surface area contributed by atoms with Crippen molar-refractivity contribution >= 4 is 5.91 Å². The number of nitrogens with one attached hydrogen (secondary N) is 1. The number of aromatic nitrogens is 1. The first-order valence-corrected chi connectivity index (χ1v) is 8.17. The maximum Gasteiger partial charge on any atom is 0.401 e. The van der Waals surface area contributed by atoms with Crippen LogP contribution >= 0.6 is 0 Å². The molecule has 1 saturated heterocycles. The third kappa shape index (κ3) is 4.96. The fourth-order valence-corrected chi connectivity index (χ4v) is 3.36. The van der Waals surface area contributed by atoms with Crippen LogP contribution in [-0.2, 0) is 4.79 Å². The molecule has 0 aliphatic carbocycles. The molecular weight excluding hydrogens is 323 g/mol. The molecule has 2 atom stereocenters. The molecule has 0 radical (unpaired) electrons. The van der Waals surface area contributed by atoms with Gasteiger partial charge in [0.1, 0.15) is 5.76 Å². The standard InChI is InChI=1S/C16H24F3N3O2/c1-10(14-11(2)21-24-12(14)3)7-20-15(23)13-5-4-6-22(8-13)9-16(17,18)19/h10,13H,4-9H2,1-3H3,(H,20,23)/t10-,13+/m0/s1. The second-order valence-corrected chi connectivity index (χ2v) is 6.57. The number of aryl methyl sites for hydroxylation is 2. The Labute approximate surface area is 139 Å². The fraction of sp³-hybridized carbons (Fsp3) is 0.750. The van der Waals surface area contributed by atoms with Crippen molar-refractivity contribution in [2.75, 3.05) is 26.2 Å². The third-order valence-electron chi connectivity index (χ3n) is 4.44. The average molecular weight is 347 g/mol. The highest BCUT2D eigenvalue weighted by molar-refractivity contribution is 5.79. The summed E-state index contributed by atoms with van der Waals surface area (Å²) in [7, 11) is 0. The number of carbonyl (C=O) groups is 1. The second kappa shape index (κ2) is 7.55. The predicted octanol–water partition coefficient (Wildman–Crippen LogP) is 2.79. The molecule has 0 aromatic carbocycles. The van der Waals surface area contributed by atoms with Gasteiger partial charge in [0, 0.05) is 24.6 Å². The molecule has 8 heteroatoms. The molecule has 1 fully saturated rings. The van der Waals surface area contributed by atoms with Crippen molar-refractivity contribution in [2.45, 2.75) is 45.7 Å². The minimum absolute atomic E-state index is 0.0371. The van der Waals surface area contributed by atoms with E-state index in [1.807, 2.05) is 20.8 Å². The SMILES string of the molecule is Cc1noc(C)c1[C@@H](C)CNC(=O)[C@@H]1CCCN(CC(F)(F)F)C1. The van der Waals surface area contributed by atoms with E-state index in [0.717, 1.165) is 17.0 Å². The van der Waals surface area contributed by atoms with E-state index < -0.39 is 18.6 Å². The van der Waals surface area contributed by atoms with Gasteiger partial charge in [0.2, 0.25) is 5.91 Å². The summed E-state index contributed by atoms with van der Waals surface area (Å²) in [6.45, 7) is 5.64. The summed E-state index contributed by atoms with van der Waals surface area (Å²) in [5.74, 6) is 0.191. The third-order valence-corrected chi connectivity index (χ3v) is 4.44. The van der Waals surface area contributed by atoms with Gasteiger partial charge in [-0.1, -0.05) is 12.1 Å². The van der Waals surface area contributed by atoms with Crippen LogP contribution in [0.3, 0.4) is 0 Å². The summed E-state index contributed by atoms with van der Waals surface area (Å²) in [4.78, 5) is 13.6. The predicted molar refractivity (Wildman–Crippen MR) is 82.6 cm³/mol. The summed E-state index contributed by atoms with van der Waals surface area (Å²) >= 11 is 0. The van der Waals surface area contributed by atoms with Gasteiger partial charge in [-0.25, -0.2) is 0 Å². The lowest BCUT2D eigenvalue weighted by molar-refractivity contribution is -0.152. The highest BCUT2D eigenvalue weighted by Crippen LogP contribution is 2.24. The van der Waals surface area contributed by atoms with Gasteiger partial charge in [0.15, 0.2) is 0 Å². The van der Waals surface area contributed by atoms with Gasteiger partial charge in [-0.05, 0) is 33.2 Å². The molecule has 2 heterocycles. The zero-order valence-corrected chi connectivity index (χ0v) is 14.2. The number of carbonyl (C=O) groups excluding carboxylic acids is 1. The van der Waals surface area contributed by atoms with Crippen LogP contribution in [-0.4, -0.2) is 48.3 Å². The van der Waals surface area contributed by atoms with Crippen molar-refractivity contribution in [2.24, 2.45) is 5.92 Å². The highest BCUT2D eigenvalue weighted by Gasteiger charge is 2.34. The molecule has 2 rings (SSSR count). The van der Waals surface area contributed by atoms with Crippen molar-refractivity contribution in [3.63, 3.8) is 0 Å². The normalized spacial score (nSPS) is 20.8. The molecule has 0 saturated carbocycles. The summed E-state index contributed by atoms with van der Waals surface area (Å²) in [6, 6.07) is 0. The van der Waals surface area contributed by atoms with Gasteiger partial charge in [0.05, 0.1) is 18.2 Å². The summed E-state index contributed by atoms with van der Waals surface area (Å²) in [5, 5.41) is 6.76. The zero-order valence-electron chi connectivity index (χ0n) is 14.2. The van der Waals surface area contributed by atoms with Crippen LogP contribution in [0, 0.1) is 19.8 Å². The maximum atomic E-state index is 12.5. The molecule has 24 heavy (non-hydrogen) atoms. The monoisotopic (exact) mass is 347 g/mol. The zero-order chi connectivity index (χ0) is 17.9. The van der Waals surface area contributed by atoms with Gasteiger partial charge in [-0.2, -0.15) is 13.2 Å². The molecule has 0 unspecified atom stereocenters. The van der Waals surface area contributed by atoms with Gasteiger partial charge >= 0.3 is 6.18 Å². The lowest BCUT2D eigenvalue weighted by Crippen LogP contribution is -2.46. The van der Waals surface area contributed by atoms with Crippen molar-refractivity contribution in [1.82, 2.24) is 15.4 Å². The first-order chi connectivity index (χ1) is 11.2. The van der Waals surface area contributed by atoms with E-state index in [2.05, 4.69) is 10.5 Å². The van der Waals surface area contributed by atoms with Crippen molar-refractivity contribution in [3.05, 3.63) is 17.0 Å². The number of piperidine rings is 1. The van der Waals surface area contributed by atoms with Crippen molar-refractivity contribution < 1.29 is 22.5 Å². The van der Waals surface area contributed by atoms with Gasteiger partial charge in [-0.3, -0.25) is 9.69 Å². The van der Waals surface area contributed by atoms with Gasteiger partial charge in [-0.15, -0.1) is 0 Å². The first kappa shape index (κ1) is 18.8. The Morgan fingerprint density at radius 2 is 2.17 bits per heavy atom. The molecule has 0 bridgehead atoms. The maximum absolute atomic E-state index is 12.5. The summed E-state index contributed by atoms with van der Waals surface area (Å²) < 4.78 is 42.6. The smallest absolute Gasteiger partial charge is 0.361 e. The Morgan fingerprint density at radius 1 is 1.46 bits per heavy atom. The second-order valence-electron chi connectivity index (χ2n) is 6.57. The van der Waals surface area contributed by atoms with Gasteiger partial charge < -0.3 is 9.84 Å². The minimum atomic E-state index is -4.23. The Balaban J connectivity index is 1.86. The lowest BCUT2D eigenvalue weighted by atomic mass is 9.96. The van der Waals surface area contributed by atoms with Crippen molar-refractivity contribution in [1.29, 1.82) is 0 Å². The molecule has 1 N–H and O–H groups in total. The van der Waals surface area contributed by atoms with Crippen LogP contribution in [0.15, 0.2) is 4.52 Å². The Kier molecular flexibility index (Phi) is 5.90. The van der Waals surface area contributed by atoms with E-state index in [4.69, 9.17) is 4.52 Å². The lowest BCUT2D eigenvalue weighted by Gasteiger charge is -2.32. The molecule has 1 aromatic heterocycles. The first-order valence-electron chi connectivity index (χ1n) is 8.17. The van der Waals surface area contributed by atoms with E-state index in [1.165, 1.54) is 4.90 Å². The molecule has 1 aliphatic rings. The van der Waals surface area contributed by atoms with Crippen LogP contribution in [0.2, 0.25) is 0 Å². The van der Waals surface area contributed by atoms with Gasteiger partial charge in [0.25, 0.3) is 0 Å². The van der Waals surface area contributed by atoms with Crippen LogP contribution in [0.1, 0.15) is 42.7 Å². The summed E-state index contributed by atoms with van der Waals surface area (Å²) in [6.07, 6.45) is -3.00. The van der Waals surface area contributed by atoms with Crippen molar-refractivity contribution in [3.8, 4) is 0 Å². The number of likely N-dealkylation sites (tertiary alicyclic amines) is 1.